The zero-order valence-corrected chi connectivity index (χ0v) is 11.4. The van der Waals surface area contributed by atoms with Crippen molar-refractivity contribution in [2.24, 2.45) is 0 Å². The van der Waals surface area contributed by atoms with Crippen LogP contribution in [0.5, 0.6) is 0 Å². The molecule has 1 N–H and O–H groups in total. The molecule has 2 aromatic heterocycles. The van der Waals surface area contributed by atoms with E-state index in [1.54, 1.807) is 6.33 Å². The number of nitrogens with one attached hydrogen (secondary N) is 1. The van der Waals surface area contributed by atoms with Crippen LogP contribution in [0.1, 0.15) is 48.6 Å². The van der Waals surface area contributed by atoms with Crippen molar-refractivity contribution >= 4 is 5.82 Å². The lowest BCUT2D eigenvalue weighted by molar-refractivity contribution is 0.466. The molecule has 0 saturated heterocycles. The topological polar surface area (TPSA) is 51.0 Å². The van der Waals surface area contributed by atoms with E-state index in [0.717, 1.165) is 30.2 Å². The van der Waals surface area contributed by atoms with Crippen molar-refractivity contribution in [3.05, 3.63) is 41.2 Å². The van der Waals surface area contributed by atoms with Crippen molar-refractivity contribution in [2.45, 2.75) is 45.6 Å². The van der Waals surface area contributed by atoms with Crippen LogP contribution < -0.4 is 5.32 Å². The molecule has 0 bridgehead atoms. The molecule has 0 radical (unpaired) electrons. The molecule has 0 aliphatic heterocycles. The van der Waals surface area contributed by atoms with Crippen molar-refractivity contribution in [3.63, 3.8) is 0 Å². The van der Waals surface area contributed by atoms with Gasteiger partial charge in [-0.25, -0.2) is 9.97 Å². The zero-order chi connectivity index (χ0) is 13.2. The molecule has 1 aliphatic carbocycles. The van der Waals surface area contributed by atoms with E-state index >= 15 is 0 Å². The van der Waals surface area contributed by atoms with Crippen molar-refractivity contribution < 1.29 is 4.42 Å². The maximum atomic E-state index is 5.66. The molecule has 2 aromatic rings. The maximum absolute atomic E-state index is 5.66. The number of hydrogen-bond donors (Lipinski definition) is 1. The second kappa shape index (κ2) is 5.03. The first-order valence-electron chi connectivity index (χ1n) is 6.89. The average Bonchev–Trinajstić information content (AvgIpc) is 2.86. The van der Waals surface area contributed by atoms with Crippen molar-refractivity contribution in [1.29, 1.82) is 0 Å². The van der Waals surface area contributed by atoms with Gasteiger partial charge in [0.15, 0.2) is 0 Å². The third-order valence-electron chi connectivity index (χ3n) is 3.67. The summed E-state index contributed by atoms with van der Waals surface area (Å²) in [5, 5.41) is 3.45. The van der Waals surface area contributed by atoms with Gasteiger partial charge < -0.3 is 9.73 Å². The molecule has 0 aromatic carbocycles. The molecule has 1 aliphatic rings. The van der Waals surface area contributed by atoms with Crippen molar-refractivity contribution in [2.75, 3.05) is 5.32 Å². The first-order valence-corrected chi connectivity index (χ1v) is 6.89. The lowest BCUT2D eigenvalue weighted by Crippen LogP contribution is -2.14. The predicted octanol–water partition coefficient (Wildman–Crippen LogP) is 3.43. The molecule has 1 atom stereocenters. The Morgan fingerprint density at radius 3 is 2.84 bits per heavy atom. The van der Waals surface area contributed by atoms with E-state index in [4.69, 9.17) is 4.42 Å². The van der Waals surface area contributed by atoms with Gasteiger partial charge in [0.25, 0.3) is 0 Å². The summed E-state index contributed by atoms with van der Waals surface area (Å²) in [6.45, 7) is 4.05. The number of rotatable bonds is 3. The van der Waals surface area contributed by atoms with Crippen LogP contribution in [0, 0.1) is 6.92 Å². The molecule has 3 rings (SSSR count). The summed E-state index contributed by atoms with van der Waals surface area (Å²) in [7, 11) is 0. The molecule has 100 valence electrons. The van der Waals surface area contributed by atoms with Gasteiger partial charge in [0, 0.05) is 11.3 Å². The van der Waals surface area contributed by atoms with Gasteiger partial charge in [-0.15, -0.1) is 0 Å². The maximum Gasteiger partial charge on any atom is 0.133 e. The van der Waals surface area contributed by atoms with Crippen molar-refractivity contribution in [1.82, 2.24) is 9.97 Å². The Kier molecular flexibility index (Phi) is 3.23. The van der Waals surface area contributed by atoms with Crippen LogP contribution in [0.15, 0.2) is 22.9 Å². The molecular weight excluding hydrogens is 238 g/mol. The fraction of sp³-hybridized carbons (Fsp3) is 0.467. The summed E-state index contributed by atoms with van der Waals surface area (Å²) in [6, 6.07) is 4.12. The van der Waals surface area contributed by atoms with Crippen molar-refractivity contribution in [3.8, 4) is 0 Å². The summed E-state index contributed by atoms with van der Waals surface area (Å²) in [5.41, 5.74) is 2.48. The van der Waals surface area contributed by atoms with Crippen LogP contribution >= 0.6 is 0 Å². The molecule has 0 amide bonds. The smallest absolute Gasteiger partial charge is 0.133 e. The highest BCUT2D eigenvalue weighted by Gasteiger charge is 2.18. The Bertz CT molecular complexity index is 577. The Morgan fingerprint density at radius 1 is 1.21 bits per heavy atom. The fourth-order valence-corrected chi connectivity index (χ4v) is 2.61. The summed E-state index contributed by atoms with van der Waals surface area (Å²) in [4.78, 5) is 8.79. The molecule has 4 nitrogen and oxygen atoms in total. The Balaban J connectivity index is 1.83. The predicted molar refractivity (Wildman–Crippen MR) is 74.2 cm³/mol. The van der Waals surface area contributed by atoms with Crippen LogP contribution in [-0.4, -0.2) is 9.97 Å². The third kappa shape index (κ3) is 2.48. The van der Waals surface area contributed by atoms with Crippen LogP contribution in [0.4, 0.5) is 5.82 Å². The number of nitrogens with zero attached hydrogens (tertiary/aromatic N) is 2. The highest BCUT2D eigenvalue weighted by molar-refractivity contribution is 5.48. The summed E-state index contributed by atoms with van der Waals surface area (Å²) < 4.78 is 5.66. The van der Waals surface area contributed by atoms with E-state index in [0.29, 0.717) is 0 Å². The standard InChI is InChI=1S/C15H19N3O/c1-10-7-8-14(19-10)11(2)18-15-12-5-3-4-6-13(12)16-9-17-15/h7-9,11H,3-6H2,1-2H3,(H,16,17,18). The largest absolute Gasteiger partial charge is 0.464 e. The van der Waals surface area contributed by atoms with Gasteiger partial charge in [-0.1, -0.05) is 0 Å². The monoisotopic (exact) mass is 257 g/mol. The van der Waals surface area contributed by atoms with Gasteiger partial charge in [0.05, 0.1) is 6.04 Å². The van der Waals surface area contributed by atoms with E-state index in [2.05, 4.69) is 22.2 Å². The van der Waals surface area contributed by atoms with E-state index in [-0.39, 0.29) is 6.04 Å². The van der Waals surface area contributed by atoms with Gasteiger partial charge in [-0.05, 0) is 51.7 Å². The quantitative estimate of drug-likeness (QED) is 0.915. The summed E-state index contributed by atoms with van der Waals surface area (Å²) in [6.07, 6.45) is 6.26. The van der Waals surface area contributed by atoms with Gasteiger partial charge >= 0.3 is 0 Å². The molecule has 19 heavy (non-hydrogen) atoms. The molecule has 0 saturated carbocycles. The summed E-state index contributed by atoms with van der Waals surface area (Å²) >= 11 is 0. The van der Waals surface area contributed by atoms with Crippen LogP contribution in [0.2, 0.25) is 0 Å². The second-order valence-electron chi connectivity index (χ2n) is 5.17. The number of anilines is 1. The van der Waals surface area contributed by atoms with E-state index in [1.807, 2.05) is 19.1 Å². The highest BCUT2D eigenvalue weighted by Crippen LogP contribution is 2.27. The van der Waals surface area contributed by atoms with Gasteiger partial charge in [-0.2, -0.15) is 0 Å². The zero-order valence-electron chi connectivity index (χ0n) is 11.4. The van der Waals surface area contributed by atoms with E-state index < -0.39 is 0 Å². The first kappa shape index (κ1) is 12.2. The lowest BCUT2D eigenvalue weighted by atomic mass is 9.96. The minimum absolute atomic E-state index is 0.120. The first-order chi connectivity index (χ1) is 9.24. The van der Waals surface area contributed by atoms with Crippen LogP contribution in [-0.2, 0) is 12.8 Å². The minimum Gasteiger partial charge on any atom is -0.464 e. The third-order valence-corrected chi connectivity index (χ3v) is 3.67. The normalized spacial score (nSPS) is 15.9. The van der Waals surface area contributed by atoms with Gasteiger partial charge in [0.2, 0.25) is 0 Å². The number of aryl methyl sites for hydroxylation is 2. The van der Waals surface area contributed by atoms with E-state index in [9.17, 15) is 0 Å². The highest BCUT2D eigenvalue weighted by atomic mass is 16.3. The minimum atomic E-state index is 0.120. The second-order valence-corrected chi connectivity index (χ2v) is 5.17. The Hall–Kier alpha value is -1.84. The summed E-state index contributed by atoms with van der Waals surface area (Å²) in [5.74, 6) is 2.85. The Morgan fingerprint density at radius 2 is 2.05 bits per heavy atom. The SMILES string of the molecule is Cc1ccc(C(C)Nc2ncnc3c2CCCC3)o1. The number of furan rings is 1. The number of fused-ring (bicyclic) bond motifs is 1. The van der Waals surface area contributed by atoms with E-state index in [1.165, 1.54) is 24.1 Å². The lowest BCUT2D eigenvalue weighted by Gasteiger charge is -2.20. The van der Waals surface area contributed by atoms with Crippen LogP contribution in [0.25, 0.3) is 0 Å². The molecule has 1 unspecified atom stereocenters. The molecular formula is C15H19N3O. The molecule has 2 heterocycles. The average molecular weight is 257 g/mol. The Labute approximate surface area is 113 Å². The fourth-order valence-electron chi connectivity index (χ4n) is 2.61. The molecule has 0 fully saturated rings. The van der Waals surface area contributed by atoms with Gasteiger partial charge in [0.1, 0.15) is 23.7 Å². The van der Waals surface area contributed by atoms with Crippen LogP contribution in [0.3, 0.4) is 0 Å². The number of aromatic nitrogens is 2. The van der Waals surface area contributed by atoms with Gasteiger partial charge in [-0.3, -0.25) is 0 Å². The molecule has 0 spiro atoms. The molecule has 4 heteroatoms. The number of hydrogen-bond acceptors (Lipinski definition) is 4.